The lowest BCUT2D eigenvalue weighted by atomic mass is 10.1. The lowest BCUT2D eigenvalue weighted by Crippen LogP contribution is -2.24. The molecule has 2 amide bonds. The van der Waals surface area contributed by atoms with E-state index in [9.17, 15) is 9.59 Å². The second kappa shape index (κ2) is 11.1. The molecular formula is C23H24BrN5O2S. The molecule has 0 aliphatic heterocycles. The zero-order valence-electron chi connectivity index (χ0n) is 17.9. The molecule has 1 heterocycles. The fourth-order valence-corrected chi connectivity index (χ4v) is 4.16. The van der Waals surface area contributed by atoms with Crippen molar-refractivity contribution in [3.05, 3.63) is 82.1 Å². The Morgan fingerprint density at radius 1 is 1.16 bits per heavy atom. The Bertz CT molecular complexity index is 1130. The normalized spacial score (nSPS) is 10.6. The molecule has 9 heteroatoms. The monoisotopic (exact) mass is 513 g/mol. The molecule has 7 nitrogen and oxygen atoms in total. The number of hydrogen-bond acceptors (Lipinski definition) is 5. The molecule has 0 bridgehead atoms. The summed E-state index contributed by atoms with van der Waals surface area (Å²) in [5.41, 5.74) is 3.41. The zero-order valence-corrected chi connectivity index (χ0v) is 20.3. The van der Waals surface area contributed by atoms with E-state index in [0.29, 0.717) is 23.1 Å². The van der Waals surface area contributed by atoms with Crippen molar-refractivity contribution in [1.29, 1.82) is 0 Å². The van der Waals surface area contributed by atoms with Crippen molar-refractivity contribution in [3.63, 3.8) is 0 Å². The molecule has 0 unspecified atom stereocenters. The van der Waals surface area contributed by atoms with Gasteiger partial charge in [-0.2, -0.15) is 0 Å². The van der Waals surface area contributed by atoms with Gasteiger partial charge in [-0.1, -0.05) is 51.5 Å². The largest absolute Gasteiger partial charge is 0.345 e. The highest BCUT2D eigenvalue weighted by atomic mass is 79.9. The van der Waals surface area contributed by atoms with Crippen LogP contribution in [0.3, 0.4) is 0 Å². The summed E-state index contributed by atoms with van der Waals surface area (Å²) in [6.45, 7) is 8.38. The van der Waals surface area contributed by atoms with Crippen LogP contribution in [0.15, 0.2) is 64.7 Å². The molecule has 1 aromatic heterocycles. The second-order valence-corrected chi connectivity index (χ2v) is 9.00. The maximum absolute atomic E-state index is 12.4. The van der Waals surface area contributed by atoms with Crippen LogP contribution in [-0.4, -0.2) is 32.3 Å². The molecule has 0 saturated carbocycles. The lowest BCUT2D eigenvalue weighted by Gasteiger charge is -2.10. The number of amides is 2. The van der Waals surface area contributed by atoms with Gasteiger partial charge in [-0.15, -0.1) is 16.8 Å². The number of aromatic nitrogens is 3. The Morgan fingerprint density at radius 3 is 2.59 bits per heavy atom. The molecule has 0 radical (unpaired) electrons. The van der Waals surface area contributed by atoms with E-state index in [4.69, 9.17) is 0 Å². The van der Waals surface area contributed by atoms with Gasteiger partial charge in [-0.25, -0.2) is 0 Å². The highest BCUT2D eigenvalue weighted by Gasteiger charge is 2.15. The molecule has 166 valence electrons. The lowest BCUT2D eigenvalue weighted by molar-refractivity contribution is -0.113. The van der Waals surface area contributed by atoms with E-state index in [-0.39, 0.29) is 24.1 Å². The van der Waals surface area contributed by atoms with Crippen molar-refractivity contribution in [2.24, 2.45) is 0 Å². The summed E-state index contributed by atoms with van der Waals surface area (Å²) in [5, 5.41) is 14.8. The molecule has 0 spiro atoms. The third-order valence-corrected chi connectivity index (χ3v) is 6.08. The third kappa shape index (κ3) is 6.30. The first kappa shape index (κ1) is 23.7. The van der Waals surface area contributed by atoms with Crippen LogP contribution in [-0.2, 0) is 17.9 Å². The quantitative estimate of drug-likeness (QED) is 0.324. The first-order valence-electron chi connectivity index (χ1n) is 9.94. The number of aryl methyl sites for hydroxylation is 2. The molecular weight excluding hydrogens is 490 g/mol. The van der Waals surface area contributed by atoms with Gasteiger partial charge >= 0.3 is 0 Å². The predicted octanol–water partition coefficient (Wildman–Crippen LogP) is 4.50. The summed E-state index contributed by atoms with van der Waals surface area (Å²) in [6.07, 6.45) is 1.73. The van der Waals surface area contributed by atoms with Crippen LogP contribution in [0.2, 0.25) is 0 Å². The molecule has 0 fully saturated rings. The van der Waals surface area contributed by atoms with Gasteiger partial charge in [0.05, 0.1) is 12.3 Å². The predicted molar refractivity (Wildman–Crippen MR) is 131 cm³/mol. The first-order chi connectivity index (χ1) is 15.4. The van der Waals surface area contributed by atoms with Crippen molar-refractivity contribution < 1.29 is 9.59 Å². The summed E-state index contributed by atoms with van der Waals surface area (Å²) in [6, 6.07) is 13.0. The van der Waals surface area contributed by atoms with Crippen LogP contribution in [0, 0.1) is 13.8 Å². The summed E-state index contributed by atoms with van der Waals surface area (Å²) < 4.78 is 2.80. The standard InChI is InChI=1S/C23H24BrN5O2S/c1-4-11-29-20(13-25-22(31)17-7-5-15(2)6-8-17)27-28-23(29)32-14-21(30)26-19-10-9-18(24)12-16(19)3/h4-10,12H,1,11,13-14H2,2-3H3,(H,25,31)(H,26,30). The minimum atomic E-state index is -0.184. The topological polar surface area (TPSA) is 88.9 Å². The van der Waals surface area contributed by atoms with Crippen LogP contribution in [0.25, 0.3) is 0 Å². The average Bonchev–Trinajstić information content (AvgIpc) is 3.15. The van der Waals surface area contributed by atoms with Crippen LogP contribution < -0.4 is 10.6 Å². The number of carbonyl (C=O) groups is 2. The minimum absolute atomic E-state index is 0.136. The van der Waals surface area contributed by atoms with Crippen LogP contribution in [0.5, 0.6) is 0 Å². The van der Waals surface area contributed by atoms with Gasteiger partial charge in [0, 0.05) is 22.3 Å². The summed E-state index contributed by atoms with van der Waals surface area (Å²) in [4.78, 5) is 24.8. The van der Waals surface area contributed by atoms with Crippen LogP contribution in [0.1, 0.15) is 27.3 Å². The number of anilines is 1. The van der Waals surface area contributed by atoms with Gasteiger partial charge in [0.25, 0.3) is 5.91 Å². The number of allylic oxidation sites excluding steroid dienone is 1. The third-order valence-electron chi connectivity index (χ3n) is 4.62. The molecule has 0 aliphatic rings. The Kier molecular flexibility index (Phi) is 8.24. The maximum atomic E-state index is 12.4. The number of carbonyl (C=O) groups excluding carboxylic acids is 2. The number of hydrogen-bond donors (Lipinski definition) is 2. The SMILES string of the molecule is C=CCn1c(CNC(=O)c2ccc(C)cc2)nnc1SCC(=O)Nc1ccc(Br)cc1C. The van der Waals surface area contributed by atoms with E-state index in [2.05, 4.69) is 43.3 Å². The van der Waals surface area contributed by atoms with Gasteiger partial charge in [0.1, 0.15) is 0 Å². The number of thioether (sulfide) groups is 1. The van der Waals surface area contributed by atoms with Crippen molar-refractivity contribution in [2.45, 2.75) is 32.1 Å². The molecule has 32 heavy (non-hydrogen) atoms. The Labute approximate surface area is 199 Å². The molecule has 3 aromatic rings. The van der Waals surface area contributed by atoms with E-state index < -0.39 is 0 Å². The molecule has 0 aliphatic carbocycles. The summed E-state index contributed by atoms with van der Waals surface area (Å²) in [5.74, 6) is 0.456. The highest BCUT2D eigenvalue weighted by Crippen LogP contribution is 2.22. The Balaban J connectivity index is 1.61. The van der Waals surface area contributed by atoms with Gasteiger partial charge in [0.15, 0.2) is 11.0 Å². The second-order valence-electron chi connectivity index (χ2n) is 7.14. The number of nitrogens with one attached hydrogen (secondary N) is 2. The fourth-order valence-electron chi connectivity index (χ4n) is 2.92. The average molecular weight is 514 g/mol. The van der Waals surface area contributed by atoms with E-state index in [1.54, 1.807) is 18.2 Å². The molecule has 2 aromatic carbocycles. The molecule has 0 atom stereocenters. The smallest absolute Gasteiger partial charge is 0.251 e. The maximum Gasteiger partial charge on any atom is 0.251 e. The van der Waals surface area contributed by atoms with Crippen LogP contribution in [0.4, 0.5) is 5.69 Å². The first-order valence-corrected chi connectivity index (χ1v) is 11.7. The summed E-state index contributed by atoms with van der Waals surface area (Å²) >= 11 is 4.70. The van der Waals surface area contributed by atoms with Crippen molar-refractivity contribution in [1.82, 2.24) is 20.1 Å². The van der Waals surface area contributed by atoms with Gasteiger partial charge in [0.2, 0.25) is 5.91 Å². The van der Waals surface area contributed by atoms with Gasteiger partial charge in [-0.05, 0) is 49.7 Å². The van der Waals surface area contributed by atoms with Crippen molar-refractivity contribution in [2.75, 3.05) is 11.1 Å². The number of halogens is 1. The van der Waals surface area contributed by atoms with Gasteiger partial charge < -0.3 is 15.2 Å². The van der Waals surface area contributed by atoms with E-state index in [1.165, 1.54) is 11.8 Å². The van der Waals surface area contributed by atoms with E-state index >= 15 is 0 Å². The highest BCUT2D eigenvalue weighted by molar-refractivity contribution is 9.10. The van der Waals surface area contributed by atoms with Crippen molar-refractivity contribution >= 4 is 45.2 Å². The summed E-state index contributed by atoms with van der Waals surface area (Å²) in [7, 11) is 0. The molecule has 2 N–H and O–H groups in total. The fraction of sp³-hybridized carbons (Fsp3) is 0.217. The van der Waals surface area contributed by atoms with Crippen LogP contribution >= 0.6 is 27.7 Å². The van der Waals surface area contributed by atoms with E-state index in [0.717, 1.165) is 21.3 Å². The number of nitrogens with zero attached hydrogens (tertiary/aromatic N) is 3. The van der Waals surface area contributed by atoms with Crippen molar-refractivity contribution in [3.8, 4) is 0 Å². The molecule has 3 rings (SSSR count). The minimum Gasteiger partial charge on any atom is -0.345 e. The number of benzene rings is 2. The Morgan fingerprint density at radius 2 is 1.91 bits per heavy atom. The Hall–Kier alpha value is -2.91. The number of rotatable bonds is 9. The zero-order chi connectivity index (χ0) is 23.1. The van der Waals surface area contributed by atoms with E-state index in [1.807, 2.05) is 48.7 Å². The molecule has 0 saturated heterocycles. The van der Waals surface area contributed by atoms with Gasteiger partial charge in [-0.3, -0.25) is 9.59 Å².